The SMILES string of the molecule is CCCCCCCC(O)CCCCCCCS(=O)(=O)O. The van der Waals surface area contributed by atoms with Gasteiger partial charge in [-0.3, -0.25) is 4.55 Å². The Hall–Kier alpha value is -0.130. The summed E-state index contributed by atoms with van der Waals surface area (Å²) in [6.45, 7) is 2.20. The molecule has 0 aliphatic heterocycles. The summed E-state index contributed by atoms with van der Waals surface area (Å²) in [5.41, 5.74) is 0. The Labute approximate surface area is 124 Å². The molecule has 0 aliphatic carbocycles. The molecule has 0 aromatic rings. The fourth-order valence-corrected chi connectivity index (χ4v) is 2.89. The molecule has 0 spiro atoms. The first-order valence-electron chi connectivity index (χ1n) is 8.09. The van der Waals surface area contributed by atoms with Crippen LogP contribution in [0.1, 0.15) is 84.0 Å². The minimum absolute atomic E-state index is 0.132. The molecular weight excluding hydrogens is 276 g/mol. The maximum atomic E-state index is 10.5. The van der Waals surface area contributed by atoms with Crippen LogP contribution in [0.4, 0.5) is 0 Å². The number of aliphatic hydroxyl groups is 1. The summed E-state index contributed by atoms with van der Waals surface area (Å²) in [5.74, 6) is -0.132. The zero-order chi connectivity index (χ0) is 15.3. The second-order valence-corrected chi connectivity index (χ2v) is 7.27. The van der Waals surface area contributed by atoms with Crippen molar-refractivity contribution in [3.63, 3.8) is 0 Å². The van der Waals surface area contributed by atoms with E-state index in [4.69, 9.17) is 4.55 Å². The normalized spacial score (nSPS) is 13.6. The van der Waals surface area contributed by atoms with Gasteiger partial charge in [0.05, 0.1) is 11.9 Å². The molecule has 0 amide bonds. The average Bonchev–Trinajstić information content (AvgIpc) is 2.36. The number of hydrogen-bond acceptors (Lipinski definition) is 3. The quantitative estimate of drug-likeness (QED) is 0.376. The van der Waals surface area contributed by atoms with Crippen molar-refractivity contribution in [2.45, 2.75) is 90.1 Å². The van der Waals surface area contributed by atoms with Crippen LogP contribution in [-0.2, 0) is 10.1 Å². The fraction of sp³-hybridized carbons (Fsp3) is 1.00. The van der Waals surface area contributed by atoms with Crippen molar-refractivity contribution in [3.8, 4) is 0 Å². The van der Waals surface area contributed by atoms with Gasteiger partial charge in [-0.05, 0) is 19.3 Å². The zero-order valence-corrected chi connectivity index (χ0v) is 13.7. The maximum Gasteiger partial charge on any atom is 0.264 e. The molecule has 4 nitrogen and oxygen atoms in total. The number of unbranched alkanes of at least 4 members (excludes halogenated alkanes) is 8. The second kappa shape index (κ2) is 12.6. The van der Waals surface area contributed by atoms with E-state index in [1.165, 1.54) is 25.7 Å². The van der Waals surface area contributed by atoms with E-state index >= 15 is 0 Å². The van der Waals surface area contributed by atoms with E-state index < -0.39 is 10.1 Å². The standard InChI is InChI=1S/C15H32O4S/c1-2-3-4-6-9-12-15(16)13-10-7-5-8-11-14-20(17,18)19/h15-16H,2-14H2,1H3,(H,17,18,19). The largest absolute Gasteiger partial charge is 0.393 e. The Morgan fingerprint density at radius 2 is 1.25 bits per heavy atom. The number of rotatable bonds is 14. The van der Waals surface area contributed by atoms with Crippen LogP contribution in [-0.4, -0.2) is 29.9 Å². The molecule has 20 heavy (non-hydrogen) atoms. The molecule has 1 unspecified atom stereocenters. The molecule has 0 aromatic carbocycles. The number of aliphatic hydroxyl groups excluding tert-OH is 1. The highest BCUT2D eigenvalue weighted by Crippen LogP contribution is 2.13. The van der Waals surface area contributed by atoms with E-state index in [2.05, 4.69) is 6.92 Å². The monoisotopic (exact) mass is 308 g/mol. The van der Waals surface area contributed by atoms with Crippen LogP contribution < -0.4 is 0 Å². The van der Waals surface area contributed by atoms with Crippen LogP contribution in [0.2, 0.25) is 0 Å². The van der Waals surface area contributed by atoms with E-state index in [1.54, 1.807) is 0 Å². The molecule has 0 saturated heterocycles. The second-order valence-electron chi connectivity index (χ2n) is 5.70. The van der Waals surface area contributed by atoms with Crippen molar-refractivity contribution in [3.05, 3.63) is 0 Å². The first kappa shape index (κ1) is 19.9. The van der Waals surface area contributed by atoms with Crippen LogP contribution in [0.5, 0.6) is 0 Å². The zero-order valence-electron chi connectivity index (χ0n) is 12.9. The van der Waals surface area contributed by atoms with E-state index in [9.17, 15) is 13.5 Å². The number of hydrogen-bond donors (Lipinski definition) is 2. The summed E-state index contributed by atoms with van der Waals surface area (Å²) in [6.07, 6.45) is 12.1. The van der Waals surface area contributed by atoms with Gasteiger partial charge in [-0.1, -0.05) is 64.7 Å². The lowest BCUT2D eigenvalue weighted by Crippen LogP contribution is -2.06. The van der Waals surface area contributed by atoms with E-state index in [0.29, 0.717) is 6.42 Å². The summed E-state index contributed by atoms with van der Waals surface area (Å²) in [4.78, 5) is 0. The summed E-state index contributed by atoms with van der Waals surface area (Å²) >= 11 is 0. The van der Waals surface area contributed by atoms with Crippen molar-refractivity contribution >= 4 is 10.1 Å². The lowest BCUT2D eigenvalue weighted by atomic mass is 10.0. The van der Waals surface area contributed by atoms with Crippen molar-refractivity contribution in [2.24, 2.45) is 0 Å². The smallest absolute Gasteiger partial charge is 0.264 e. The van der Waals surface area contributed by atoms with E-state index in [-0.39, 0.29) is 11.9 Å². The van der Waals surface area contributed by atoms with Gasteiger partial charge in [-0.25, -0.2) is 0 Å². The third-order valence-corrected chi connectivity index (χ3v) is 4.39. The predicted molar refractivity (Wildman–Crippen MR) is 83.5 cm³/mol. The summed E-state index contributed by atoms with van der Waals surface area (Å²) in [6, 6.07) is 0. The Morgan fingerprint density at radius 1 is 0.800 bits per heavy atom. The molecule has 0 radical (unpaired) electrons. The van der Waals surface area contributed by atoms with Gasteiger partial charge in [0.1, 0.15) is 0 Å². The first-order chi connectivity index (χ1) is 9.45. The Morgan fingerprint density at radius 3 is 1.75 bits per heavy atom. The van der Waals surface area contributed by atoms with Crippen LogP contribution in [0, 0.1) is 0 Å². The van der Waals surface area contributed by atoms with Crippen molar-refractivity contribution in [2.75, 3.05) is 5.75 Å². The predicted octanol–water partition coefficient (Wildman–Crippen LogP) is 3.94. The maximum absolute atomic E-state index is 10.5. The van der Waals surface area contributed by atoms with Crippen LogP contribution in [0.3, 0.4) is 0 Å². The molecule has 2 N–H and O–H groups in total. The Balaban J connectivity index is 3.25. The lowest BCUT2D eigenvalue weighted by molar-refractivity contribution is 0.147. The molecular formula is C15H32O4S. The lowest BCUT2D eigenvalue weighted by Gasteiger charge is -2.10. The fourth-order valence-electron chi connectivity index (χ4n) is 2.32. The third-order valence-electron chi connectivity index (χ3n) is 3.58. The molecule has 0 bridgehead atoms. The topological polar surface area (TPSA) is 74.6 Å². The highest BCUT2D eigenvalue weighted by molar-refractivity contribution is 7.85. The Bertz CT molecular complexity index is 301. The highest BCUT2D eigenvalue weighted by atomic mass is 32.2. The molecule has 0 heterocycles. The van der Waals surface area contributed by atoms with Gasteiger partial charge in [0.2, 0.25) is 0 Å². The molecule has 5 heteroatoms. The first-order valence-corrected chi connectivity index (χ1v) is 9.70. The minimum atomic E-state index is -3.79. The Kier molecular flexibility index (Phi) is 12.5. The molecule has 0 aliphatic rings. The summed E-state index contributed by atoms with van der Waals surface area (Å²) < 4.78 is 29.6. The van der Waals surface area contributed by atoms with E-state index in [0.717, 1.165) is 44.9 Å². The van der Waals surface area contributed by atoms with E-state index in [1.807, 2.05) is 0 Å². The van der Waals surface area contributed by atoms with Gasteiger partial charge in [0.25, 0.3) is 10.1 Å². The average molecular weight is 308 g/mol. The summed E-state index contributed by atoms with van der Waals surface area (Å²) in [7, 11) is -3.79. The van der Waals surface area contributed by atoms with Crippen molar-refractivity contribution in [1.82, 2.24) is 0 Å². The van der Waals surface area contributed by atoms with Gasteiger partial charge >= 0.3 is 0 Å². The van der Waals surface area contributed by atoms with Gasteiger partial charge in [0, 0.05) is 0 Å². The molecule has 0 fully saturated rings. The van der Waals surface area contributed by atoms with Gasteiger partial charge < -0.3 is 5.11 Å². The van der Waals surface area contributed by atoms with Crippen LogP contribution in [0.15, 0.2) is 0 Å². The molecule has 1 atom stereocenters. The molecule has 0 saturated carbocycles. The van der Waals surface area contributed by atoms with Gasteiger partial charge in [0.15, 0.2) is 0 Å². The molecule has 122 valence electrons. The third kappa shape index (κ3) is 15.9. The molecule has 0 rings (SSSR count). The summed E-state index contributed by atoms with van der Waals surface area (Å²) in [5, 5.41) is 9.80. The van der Waals surface area contributed by atoms with Crippen molar-refractivity contribution < 1.29 is 18.1 Å². The van der Waals surface area contributed by atoms with Gasteiger partial charge in [-0.2, -0.15) is 8.42 Å². The van der Waals surface area contributed by atoms with Crippen LogP contribution in [0.25, 0.3) is 0 Å². The molecule has 0 aromatic heterocycles. The van der Waals surface area contributed by atoms with Crippen LogP contribution >= 0.6 is 0 Å². The van der Waals surface area contributed by atoms with Crippen molar-refractivity contribution in [1.29, 1.82) is 0 Å². The highest BCUT2D eigenvalue weighted by Gasteiger charge is 2.05. The van der Waals surface area contributed by atoms with Gasteiger partial charge in [-0.15, -0.1) is 0 Å². The minimum Gasteiger partial charge on any atom is -0.393 e.